The van der Waals surface area contributed by atoms with Gasteiger partial charge in [0.25, 0.3) is 0 Å². The third kappa shape index (κ3) is 4.86. The summed E-state index contributed by atoms with van der Waals surface area (Å²) in [6, 6.07) is 6.64. The Labute approximate surface area is 199 Å². The first-order valence-corrected chi connectivity index (χ1v) is 12.0. The third-order valence-electron chi connectivity index (χ3n) is 6.74. The summed E-state index contributed by atoms with van der Waals surface area (Å²) < 4.78 is 7.97. The van der Waals surface area contributed by atoms with Crippen LogP contribution in [0.4, 0.5) is 0 Å². The lowest BCUT2D eigenvalue weighted by Gasteiger charge is -2.50. The molecule has 1 saturated heterocycles. The van der Waals surface area contributed by atoms with Crippen molar-refractivity contribution in [2.24, 2.45) is 5.41 Å². The summed E-state index contributed by atoms with van der Waals surface area (Å²) in [4.78, 5) is 32.2. The van der Waals surface area contributed by atoms with Crippen LogP contribution in [0.25, 0.3) is 0 Å². The van der Waals surface area contributed by atoms with Gasteiger partial charge in [0, 0.05) is 18.0 Å². The molecule has 2 atom stereocenters. The third-order valence-corrected chi connectivity index (χ3v) is 6.99. The first-order valence-electron chi connectivity index (χ1n) is 11.6. The highest BCUT2D eigenvalue weighted by molar-refractivity contribution is 6.30. The second kappa shape index (κ2) is 9.33. The number of nitrogens with zero attached hydrogens (tertiary/aromatic N) is 4. The van der Waals surface area contributed by atoms with Crippen molar-refractivity contribution in [3.8, 4) is 5.75 Å². The molecule has 2 heterocycles. The van der Waals surface area contributed by atoms with Gasteiger partial charge in [-0.05, 0) is 42.5 Å². The number of nitrogens with one attached hydrogen (secondary N) is 1. The number of halogens is 1. The van der Waals surface area contributed by atoms with Gasteiger partial charge in [-0.1, -0.05) is 51.6 Å². The molecular weight excluding hydrogens is 442 g/mol. The highest BCUT2D eigenvalue weighted by atomic mass is 35.5. The Bertz CT molecular complexity index is 965. The van der Waals surface area contributed by atoms with E-state index in [0.29, 0.717) is 36.6 Å². The maximum atomic E-state index is 13.9. The van der Waals surface area contributed by atoms with Crippen molar-refractivity contribution in [1.29, 1.82) is 0 Å². The van der Waals surface area contributed by atoms with Gasteiger partial charge in [0.2, 0.25) is 18.0 Å². The molecule has 9 heteroatoms. The van der Waals surface area contributed by atoms with Gasteiger partial charge in [-0.25, -0.2) is 9.67 Å². The average Bonchev–Trinajstić information content (AvgIpc) is 3.31. The number of hydrogen-bond acceptors (Lipinski definition) is 5. The topological polar surface area (TPSA) is 89.4 Å². The van der Waals surface area contributed by atoms with Crippen molar-refractivity contribution in [2.75, 3.05) is 6.54 Å². The molecule has 4 rings (SSSR count). The van der Waals surface area contributed by atoms with E-state index < -0.39 is 17.8 Å². The molecule has 1 aromatic heterocycles. The SMILES string of the molecule is CC(C)(C)C(NC(=O)C1(N2CCC2=O)CCCCC1)C(Oc1ccc(Cl)cc1)n1cncn1. The van der Waals surface area contributed by atoms with E-state index in [1.54, 1.807) is 40.2 Å². The van der Waals surface area contributed by atoms with Crippen LogP contribution in [0.15, 0.2) is 36.9 Å². The fourth-order valence-corrected chi connectivity index (χ4v) is 4.92. The summed E-state index contributed by atoms with van der Waals surface area (Å²) in [6.45, 7) is 6.79. The Morgan fingerprint density at radius 1 is 1.18 bits per heavy atom. The molecule has 0 spiro atoms. The molecule has 1 aromatic carbocycles. The fraction of sp³-hybridized carbons (Fsp3) is 0.583. The standard InChI is InChI=1S/C24H32ClN5O3/c1-23(2,3)20(21(30-16-26-15-27-30)33-18-9-7-17(25)8-10-18)28-22(32)24(12-5-4-6-13-24)29-14-11-19(29)31/h7-10,15-16,20-21H,4-6,11-14H2,1-3H3,(H,28,32). The van der Waals surface area contributed by atoms with Crippen molar-refractivity contribution in [3.63, 3.8) is 0 Å². The van der Waals surface area contributed by atoms with Crippen molar-refractivity contribution in [1.82, 2.24) is 25.0 Å². The predicted molar refractivity (Wildman–Crippen MR) is 125 cm³/mol. The van der Waals surface area contributed by atoms with Crippen LogP contribution in [0.5, 0.6) is 5.75 Å². The largest absolute Gasteiger partial charge is 0.466 e. The molecule has 2 fully saturated rings. The Balaban J connectivity index is 1.65. The van der Waals surface area contributed by atoms with E-state index in [4.69, 9.17) is 16.3 Å². The zero-order valence-corrected chi connectivity index (χ0v) is 20.2. The van der Waals surface area contributed by atoms with Crippen LogP contribution in [0.2, 0.25) is 5.02 Å². The normalized spacial score (nSPS) is 20.0. The molecule has 1 aliphatic heterocycles. The van der Waals surface area contributed by atoms with Crippen molar-refractivity contribution in [3.05, 3.63) is 41.9 Å². The predicted octanol–water partition coefficient (Wildman–Crippen LogP) is 3.98. The lowest BCUT2D eigenvalue weighted by atomic mass is 9.76. The van der Waals surface area contributed by atoms with Gasteiger partial charge in [-0.3, -0.25) is 9.59 Å². The maximum absolute atomic E-state index is 13.9. The van der Waals surface area contributed by atoms with E-state index in [1.807, 2.05) is 0 Å². The van der Waals surface area contributed by atoms with Crippen LogP contribution in [0, 0.1) is 5.41 Å². The molecule has 0 bridgehead atoms. The maximum Gasteiger partial charge on any atom is 0.246 e. The van der Waals surface area contributed by atoms with Gasteiger partial charge in [-0.2, -0.15) is 5.10 Å². The highest BCUT2D eigenvalue weighted by Crippen LogP contribution is 2.39. The van der Waals surface area contributed by atoms with E-state index in [9.17, 15) is 9.59 Å². The Hall–Kier alpha value is -2.61. The van der Waals surface area contributed by atoms with Crippen molar-refractivity contribution >= 4 is 23.4 Å². The van der Waals surface area contributed by atoms with E-state index in [0.717, 1.165) is 19.3 Å². The molecule has 1 saturated carbocycles. The number of hydrogen-bond donors (Lipinski definition) is 1. The lowest BCUT2D eigenvalue weighted by Crippen LogP contribution is -2.68. The number of rotatable bonds is 7. The zero-order valence-electron chi connectivity index (χ0n) is 19.5. The molecule has 33 heavy (non-hydrogen) atoms. The summed E-state index contributed by atoms with van der Waals surface area (Å²) in [7, 11) is 0. The molecule has 1 N–H and O–H groups in total. The quantitative estimate of drug-likeness (QED) is 0.614. The second-order valence-corrected chi connectivity index (χ2v) is 10.5. The van der Waals surface area contributed by atoms with E-state index in [2.05, 4.69) is 36.2 Å². The van der Waals surface area contributed by atoms with E-state index in [-0.39, 0.29) is 17.2 Å². The van der Waals surface area contributed by atoms with Crippen LogP contribution in [-0.2, 0) is 9.59 Å². The molecule has 2 amide bonds. The molecule has 2 unspecified atom stereocenters. The minimum Gasteiger partial charge on any atom is -0.466 e. The van der Waals surface area contributed by atoms with Gasteiger partial charge in [-0.15, -0.1) is 0 Å². The van der Waals surface area contributed by atoms with E-state index >= 15 is 0 Å². The molecule has 178 valence electrons. The lowest BCUT2D eigenvalue weighted by molar-refractivity contribution is -0.161. The number of carbonyl (C=O) groups excluding carboxylic acids is 2. The smallest absolute Gasteiger partial charge is 0.246 e. The summed E-state index contributed by atoms with van der Waals surface area (Å²) in [5.74, 6) is 0.554. The first-order chi connectivity index (χ1) is 15.7. The summed E-state index contributed by atoms with van der Waals surface area (Å²) in [6.07, 6.45) is 7.23. The first kappa shape index (κ1) is 23.5. The van der Waals surface area contributed by atoms with Crippen LogP contribution < -0.4 is 10.1 Å². The number of benzene rings is 1. The van der Waals surface area contributed by atoms with Gasteiger partial charge in [0.05, 0.1) is 6.04 Å². The van der Waals surface area contributed by atoms with E-state index in [1.165, 1.54) is 6.33 Å². The van der Waals surface area contributed by atoms with Crippen molar-refractivity contribution in [2.45, 2.75) is 77.1 Å². The molecule has 2 aromatic rings. The molecule has 2 aliphatic rings. The van der Waals surface area contributed by atoms with Crippen LogP contribution in [-0.4, -0.2) is 49.6 Å². The van der Waals surface area contributed by atoms with Gasteiger partial charge >= 0.3 is 0 Å². The van der Waals surface area contributed by atoms with Crippen LogP contribution in [0.1, 0.15) is 65.5 Å². The van der Waals surface area contributed by atoms with Gasteiger partial charge in [0.15, 0.2) is 0 Å². The number of aromatic nitrogens is 3. The fourth-order valence-electron chi connectivity index (χ4n) is 4.79. The number of likely N-dealkylation sites (tertiary alicyclic amines) is 1. The number of β-lactam (4-membered cyclic amide) rings is 1. The minimum atomic E-state index is -0.787. The monoisotopic (exact) mass is 473 g/mol. The molecule has 0 radical (unpaired) electrons. The summed E-state index contributed by atoms with van der Waals surface area (Å²) >= 11 is 6.04. The Kier molecular flexibility index (Phi) is 6.66. The van der Waals surface area contributed by atoms with Crippen LogP contribution >= 0.6 is 11.6 Å². The summed E-state index contributed by atoms with van der Waals surface area (Å²) in [5.41, 5.74) is -1.17. The Morgan fingerprint density at radius 3 is 2.39 bits per heavy atom. The van der Waals surface area contributed by atoms with Crippen LogP contribution in [0.3, 0.4) is 0 Å². The average molecular weight is 474 g/mol. The number of carbonyl (C=O) groups is 2. The Morgan fingerprint density at radius 2 is 1.88 bits per heavy atom. The molecule has 1 aliphatic carbocycles. The number of amides is 2. The van der Waals surface area contributed by atoms with Gasteiger partial charge < -0.3 is 15.0 Å². The zero-order chi connectivity index (χ0) is 23.6. The molecular formula is C24H32ClN5O3. The molecule has 8 nitrogen and oxygen atoms in total. The van der Waals surface area contributed by atoms with Crippen molar-refractivity contribution < 1.29 is 14.3 Å². The number of ether oxygens (including phenoxy) is 1. The highest BCUT2D eigenvalue weighted by Gasteiger charge is 2.51. The summed E-state index contributed by atoms with van der Waals surface area (Å²) in [5, 5.41) is 8.21. The minimum absolute atomic E-state index is 0.0598. The second-order valence-electron chi connectivity index (χ2n) is 10.0. The van der Waals surface area contributed by atoms with Gasteiger partial charge in [0.1, 0.15) is 23.9 Å².